The third-order valence-corrected chi connectivity index (χ3v) is 3.83. The fourth-order valence-corrected chi connectivity index (χ4v) is 2.79. The Hall–Kier alpha value is -0.870. The summed E-state index contributed by atoms with van der Waals surface area (Å²) in [6.07, 6.45) is 3.93. The molecule has 0 spiro atoms. The van der Waals surface area contributed by atoms with E-state index in [-0.39, 0.29) is 12.5 Å². The summed E-state index contributed by atoms with van der Waals surface area (Å²) in [5.41, 5.74) is 0. The third-order valence-electron chi connectivity index (χ3n) is 3.83. The average Bonchev–Trinajstić information content (AvgIpc) is 2.68. The second-order valence-corrected chi connectivity index (χ2v) is 4.94. The number of nitrogens with one attached hydrogen (secondary N) is 1. The van der Waals surface area contributed by atoms with Gasteiger partial charge in [0, 0.05) is 13.1 Å². The number of hydrogen-bond donors (Lipinski definition) is 1. The normalized spacial score (nSPS) is 28.6. The second-order valence-electron chi connectivity index (χ2n) is 4.94. The molecule has 0 aromatic carbocycles. The summed E-state index contributed by atoms with van der Waals surface area (Å²) in [7, 11) is 0. The molecule has 17 heavy (non-hydrogen) atoms. The second kappa shape index (κ2) is 6.17. The summed E-state index contributed by atoms with van der Waals surface area (Å²) >= 11 is 0. The third kappa shape index (κ3) is 3.30. The summed E-state index contributed by atoms with van der Waals surface area (Å²) in [6.45, 7) is 8.24. The molecule has 2 heterocycles. The van der Waals surface area contributed by atoms with Crippen molar-refractivity contribution in [2.75, 3.05) is 39.4 Å². The minimum Gasteiger partial charge on any atom is -0.368 e. The molecule has 0 saturated carbocycles. The Balaban J connectivity index is 1.78. The molecule has 0 unspecified atom stereocenters. The van der Waals surface area contributed by atoms with Crippen molar-refractivity contribution in [3.05, 3.63) is 12.7 Å². The van der Waals surface area contributed by atoms with Gasteiger partial charge in [-0.25, -0.2) is 0 Å². The lowest BCUT2D eigenvalue weighted by atomic mass is 9.92. The minimum absolute atomic E-state index is 0.125. The molecule has 2 saturated heterocycles. The fraction of sp³-hybridized carbons (Fsp3) is 0.769. The SMILES string of the molecule is C=CCOCC(=O)N1CC[C@@H]2CNC[C@@H]2CC1. The molecule has 0 aromatic rings. The molecular weight excluding hydrogens is 216 g/mol. The molecule has 2 atom stereocenters. The van der Waals surface area contributed by atoms with Crippen molar-refractivity contribution in [1.29, 1.82) is 0 Å². The Morgan fingerprint density at radius 3 is 2.59 bits per heavy atom. The molecule has 1 amide bonds. The number of rotatable bonds is 4. The zero-order valence-electron chi connectivity index (χ0n) is 10.4. The van der Waals surface area contributed by atoms with Crippen LogP contribution in [0.1, 0.15) is 12.8 Å². The highest BCUT2D eigenvalue weighted by Crippen LogP contribution is 2.26. The van der Waals surface area contributed by atoms with Crippen LogP contribution in [0, 0.1) is 11.8 Å². The highest BCUT2D eigenvalue weighted by Gasteiger charge is 2.31. The van der Waals surface area contributed by atoms with E-state index in [0.29, 0.717) is 6.61 Å². The topological polar surface area (TPSA) is 41.6 Å². The molecule has 1 N–H and O–H groups in total. The minimum atomic E-state index is 0.125. The van der Waals surface area contributed by atoms with Gasteiger partial charge < -0.3 is 15.0 Å². The fourth-order valence-electron chi connectivity index (χ4n) is 2.79. The summed E-state index contributed by atoms with van der Waals surface area (Å²) in [5.74, 6) is 1.66. The van der Waals surface area contributed by atoms with Gasteiger partial charge in [0.15, 0.2) is 0 Å². The molecule has 0 aromatic heterocycles. The lowest BCUT2D eigenvalue weighted by Crippen LogP contribution is -2.35. The summed E-state index contributed by atoms with van der Waals surface area (Å²) in [6, 6.07) is 0. The van der Waals surface area contributed by atoms with Gasteiger partial charge in [0.25, 0.3) is 0 Å². The number of fused-ring (bicyclic) bond motifs is 1. The van der Waals surface area contributed by atoms with Crippen LogP contribution in [0.4, 0.5) is 0 Å². The smallest absolute Gasteiger partial charge is 0.248 e. The standard InChI is InChI=1S/C13H22N2O2/c1-2-7-17-10-13(16)15-5-3-11-8-14-9-12(11)4-6-15/h2,11-12,14H,1,3-10H2/t11-,12+. The highest BCUT2D eigenvalue weighted by atomic mass is 16.5. The van der Waals surface area contributed by atoms with Crippen molar-refractivity contribution in [2.24, 2.45) is 11.8 Å². The van der Waals surface area contributed by atoms with Crippen molar-refractivity contribution in [2.45, 2.75) is 12.8 Å². The van der Waals surface area contributed by atoms with E-state index in [0.717, 1.165) is 50.9 Å². The van der Waals surface area contributed by atoms with Gasteiger partial charge >= 0.3 is 0 Å². The number of carbonyl (C=O) groups excluding carboxylic acids is 1. The van der Waals surface area contributed by atoms with Crippen LogP contribution in [-0.4, -0.2) is 50.2 Å². The van der Waals surface area contributed by atoms with Gasteiger partial charge in [-0.15, -0.1) is 6.58 Å². The lowest BCUT2D eigenvalue weighted by molar-refractivity contribution is -0.135. The van der Waals surface area contributed by atoms with Gasteiger partial charge in [-0.2, -0.15) is 0 Å². The molecule has 2 fully saturated rings. The van der Waals surface area contributed by atoms with E-state index in [9.17, 15) is 4.79 Å². The Kier molecular flexibility index (Phi) is 4.57. The molecule has 2 aliphatic rings. The van der Waals surface area contributed by atoms with Crippen molar-refractivity contribution < 1.29 is 9.53 Å². The van der Waals surface area contributed by atoms with E-state index in [1.165, 1.54) is 0 Å². The van der Waals surface area contributed by atoms with Crippen molar-refractivity contribution in [3.63, 3.8) is 0 Å². The van der Waals surface area contributed by atoms with Crippen LogP contribution >= 0.6 is 0 Å². The molecule has 2 rings (SSSR count). The molecule has 0 aliphatic carbocycles. The van der Waals surface area contributed by atoms with Gasteiger partial charge in [-0.3, -0.25) is 4.79 Å². The van der Waals surface area contributed by atoms with Crippen LogP contribution in [0.25, 0.3) is 0 Å². The molecule has 0 radical (unpaired) electrons. The number of nitrogens with zero attached hydrogens (tertiary/aromatic N) is 1. The molecule has 0 bridgehead atoms. The summed E-state index contributed by atoms with van der Waals surface area (Å²) in [5, 5.41) is 3.44. The first-order valence-corrected chi connectivity index (χ1v) is 6.48. The number of ether oxygens (including phenoxy) is 1. The van der Waals surface area contributed by atoms with Gasteiger partial charge in [-0.1, -0.05) is 6.08 Å². The quantitative estimate of drug-likeness (QED) is 0.577. The van der Waals surface area contributed by atoms with E-state index >= 15 is 0 Å². The van der Waals surface area contributed by atoms with Gasteiger partial charge in [0.1, 0.15) is 6.61 Å². The van der Waals surface area contributed by atoms with Crippen molar-refractivity contribution in [3.8, 4) is 0 Å². The van der Waals surface area contributed by atoms with Crippen LogP contribution < -0.4 is 5.32 Å². The first-order valence-electron chi connectivity index (χ1n) is 6.48. The van der Waals surface area contributed by atoms with E-state index in [1.807, 2.05) is 4.90 Å². The van der Waals surface area contributed by atoms with E-state index < -0.39 is 0 Å². The average molecular weight is 238 g/mol. The van der Waals surface area contributed by atoms with Gasteiger partial charge in [-0.05, 0) is 37.8 Å². The Morgan fingerprint density at radius 1 is 1.35 bits per heavy atom. The maximum atomic E-state index is 11.9. The van der Waals surface area contributed by atoms with Crippen LogP contribution in [0.3, 0.4) is 0 Å². The first-order chi connectivity index (χ1) is 8.31. The van der Waals surface area contributed by atoms with Crippen LogP contribution in [-0.2, 0) is 9.53 Å². The van der Waals surface area contributed by atoms with Crippen molar-refractivity contribution in [1.82, 2.24) is 10.2 Å². The molecule has 96 valence electrons. The van der Waals surface area contributed by atoms with E-state index in [1.54, 1.807) is 6.08 Å². The summed E-state index contributed by atoms with van der Waals surface area (Å²) in [4.78, 5) is 13.9. The Labute approximate surface area is 103 Å². The molecule has 4 heteroatoms. The largest absolute Gasteiger partial charge is 0.368 e. The molecule has 4 nitrogen and oxygen atoms in total. The predicted octanol–water partition coefficient (Wildman–Crippen LogP) is 0.647. The first kappa shape index (κ1) is 12.6. The van der Waals surface area contributed by atoms with Gasteiger partial charge in [0.05, 0.1) is 6.61 Å². The number of likely N-dealkylation sites (tertiary alicyclic amines) is 1. The van der Waals surface area contributed by atoms with Gasteiger partial charge in [0.2, 0.25) is 5.91 Å². The molecular formula is C13H22N2O2. The van der Waals surface area contributed by atoms with E-state index in [2.05, 4.69) is 11.9 Å². The predicted molar refractivity (Wildman–Crippen MR) is 66.7 cm³/mol. The van der Waals surface area contributed by atoms with Crippen LogP contribution in [0.5, 0.6) is 0 Å². The summed E-state index contributed by atoms with van der Waals surface area (Å²) < 4.78 is 5.21. The maximum absolute atomic E-state index is 11.9. The Morgan fingerprint density at radius 2 is 2.00 bits per heavy atom. The monoisotopic (exact) mass is 238 g/mol. The number of amides is 1. The van der Waals surface area contributed by atoms with Crippen LogP contribution in [0.15, 0.2) is 12.7 Å². The number of carbonyl (C=O) groups is 1. The van der Waals surface area contributed by atoms with E-state index in [4.69, 9.17) is 4.74 Å². The zero-order valence-corrected chi connectivity index (χ0v) is 10.4. The number of hydrogen-bond acceptors (Lipinski definition) is 3. The lowest BCUT2D eigenvalue weighted by Gasteiger charge is -2.20. The molecule has 2 aliphatic heterocycles. The van der Waals surface area contributed by atoms with Crippen LogP contribution in [0.2, 0.25) is 0 Å². The highest BCUT2D eigenvalue weighted by molar-refractivity contribution is 5.77. The zero-order chi connectivity index (χ0) is 12.1. The Bertz CT molecular complexity index is 267. The maximum Gasteiger partial charge on any atom is 0.248 e. The van der Waals surface area contributed by atoms with Crippen molar-refractivity contribution >= 4 is 5.91 Å².